The average Bonchev–Trinajstić information content (AvgIpc) is 2.43. The summed E-state index contributed by atoms with van der Waals surface area (Å²) in [5.41, 5.74) is 3.40. The summed E-state index contributed by atoms with van der Waals surface area (Å²) in [4.78, 5) is 4.53. The Kier molecular flexibility index (Phi) is 5.10. The Morgan fingerprint density at radius 2 is 2.00 bits per heavy atom. The van der Waals surface area contributed by atoms with Crippen molar-refractivity contribution < 1.29 is 4.74 Å². The van der Waals surface area contributed by atoms with Gasteiger partial charge in [0.2, 0.25) is 0 Å². The van der Waals surface area contributed by atoms with Crippen LogP contribution in [0.25, 0.3) is 10.9 Å². The van der Waals surface area contributed by atoms with Gasteiger partial charge in [-0.15, -0.1) is 0 Å². The second kappa shape index (κ2) is 6.82. The van der Waals surface area contributed by atoms with Gasteiger partial charge < -0.3 is 10.1 Å². The van der Waals surface area contributed by atoms with Gasteiger partial charge in [-0.05, 0) is 36.6 Å². The highest BCUT2D eigenvalue weighted by Crippen LogP contribution is 2.15. The molecular formula is C17H24N2O. The number of pyridine rings is 1. The molecule has 0 radical (unpaired) electrons. The van der Waals surface area contributed by atoms with E-state index in [0.717, 1.165) is 24.4 Å². The number of ether oxygens (including phenoxy) is 1. The number of hydrogen-bond acceptors (Lipinski definition) is 3. The fourth-order valence-corrected chi connectivity index (χ4v) is 2.30. The van der Waals surface area contributed by atoms with Crippen LogP contribution in [0.1, 0.15) is 25.1 Å². The monoisotopic (exact) mass is 272 g/mol. The molecule has 2 rings (SSSR count). The van der Waals surface area contributed by atoms with Crippen molar-refractivity contribution in [2.45, 2.75) is 33.4 Å². The van der Waals surface area contributed by atoms with Crippen molar-refractivity contribution in [1.29, 1.82) is 0 Å². The minimum Gasteiger partial charge on any atom is -0.383 e. The van der Waals surface area contributed by atoms with Crippen molar-refractivity contribution in [2.75, 3.05) is 13.7 Å². The molecule has 0 aliphatic rings. The van der Waals surface area contributed by atoms with Crippen molar-refractivity contribution in [2.24, 2.45) is 5.92 Å². The number of aryl methyl sites for hydroxylation is 1. The first-order chi connectivity index (χ1) is 9.60. The zero-order chi connectivity index (χ0) is 14.5. The summed E-state index contributed by atoms with van der Waals surface area (Å²) in [6, 6.07) is 11.0. The highest BCUT2D eigenvalue weighted by atomic mass is 16.5. The quantitative estimate of drug-likeness (QED) is 0.876. The highest BCUT2D eigenvalue weighted by Gasteiger charge is 2.12. The van der Waals surface area contributed by atoms with Crippen molar-refractivity contribution in [3.8, 4) is 0 Å². The predicted octanol–water partition coefficient (Wildman–Crippen LogP) is 3.30. The van der Waals surface area contributed by atoms with Crippen molar-refractivity contribution >= 4 is 10.9 Å². The molecule has 1 aromatic carbocycles. The first kappa shape index (κ1) is 14.9. The van der Waals surface area contributed by atoms with Gasteiger partial charge in [-0.2, -0.15) is 0 Å². The van der Waals surface area contributed by atoms with E-state index in [2.05, 4.69) is 54.5 Å². The van der Waals surface area contributed by atoms with Gasteiger partial charge in [-0.3, -0.25) is 4.98 Å². The molecular weight excluding hydrogens is 248 g/mol. The molecule has 1 heterocycles. The van der Waals surface area contributed by atoms with E-state index in [9.17, 15) is 0 Å². The summed E-state index contributed by atoms with van der Waals surface area (Å²) < 4.78 is 5.26. The predicted molar refractivity (Wildman–Crippen MR) is 83.8 cm³/mol. The highest BCUT2D eigenvalue weighted by molar-refractivity contribution is 5.79. The number of nitrogens with one attached hydrogen (secondary N) is 1. The fourth-order valence-electron chi connectivity index (χ4n) is 2.30. The maximum Gasteiger partial charge on any atom is 0.0705 e. The lowest BCUT2D eigenvalue weighted by Crippen LogP contribution is -2.37. The molecule has 1 N–H and O–H groups in total. The van der Waals surface area contributed by atoms with E-state index >= 15 is 0 Å². The molecule has 1 aromatic heterocycles. The standard InChI is InChI=1S/C17H24N2O/c1-12(2)17(11-20-4)18-10-14-6-8-16-15(9-14)7-5-13(3)19-16/h5-9,12,17-18H,10-11H2,1-4H3. The molecule has 108 valence electrons. The van der Waals surface area contributed by atoms with Gasteiger partial charge in [-0.25, -0.2) is 0 Å². The number of methoxy groups -OCH3 is 1. The number of fused-ring (bicyclic) bond motifs is 1. The van der Waals surface area contributed by atoms with Gasteiger partial charge in [-0.1, -0.05) is 26.0 Å². The second-order valence-corrected chi connectivity index (χ2v) is 5.67. The van der Waals surface area contributed by atoms with Crippen LogP contribution in [-0.4, -0.2) is 24.7 Å². The van der Waals surface area contributed by atoms with E-state index in [4.69, 9.17) is 4.74 Å². The van der Waals surface area contributed by atoms with Crippen LogP contribution in [0.15, 0.2) is 30.3 Å². The zero-order valence-electron chi connectivity index (χ0n) is 12.8. The summed E-state index contributed by atoms with van der Waals surface area (Å²) in [7, 11) is 1.75. The van der Waals surface area contributed by atoms with E-state index in [-0.39, 0.29) is 0 Å². The summed E-state index contributed by atoms with van der Waals surface area (Å²) in [5.74, 6) is 0.555. The van der Waals surface area contributed by atoms with E-state index in [0.29, 0.717) is 12.0 Å². The van der Waals surface area contributed by atoms with Crippen LogP contribution in [0.2, 0.25) is 0 Å². The minimum absolute atomic E-state index is 0.381. The Bertz CT molecular complexity index is 566. The van der Waals surface area contributed by atoms with Crippen LogP contribution in [0.5, 0.6) is 0 Å². The topological polar surface area (TPSA) is 34.1 Å². The molecule has 2 aromatic rings. The molecule has 3 nitrogen and oxygen atoms in total. The lowest BCUT2D eigenvalue weighted by molar-refractivity contribution is 0.146. The molecule has 20 heavy (non-hydrogen) atoms. The van der Waals surface area contributed by atoms with Crippen LogP contribution >= 0.6 is 0 Å². The molecule has 0 aliphatic heterocycles. The Morgan fingerprint density at radius 3 is 2.70 bits per heavy atom. The molecule has 0 saturated heterocycles. The molecule has 1 unspecified atom stereocenters. The Hall–Kier alpha value is -1.45. The average molecular weight is 272 g/mol. The Labute approximate surface area is 121 Å². The van der Waals surface area contributed by atoms with Crippen LogP contribution in [-0.2, 0) is 11.3 Å². The van der Waals surface area contributed by atoms with Gasteiger partial charge in [0.05, 0.1) is 12.1 Å². The van der Waals surface area contributed by atoms with Crippen molar-refractivity contribution in [1.82, 2.24) is 10.3 Å². The molecule has 0 fully saturated rings. The van der Waals surface area contributed by atoms with Crippen LogP contribution in [0.3, 0.4) is 0 Å². The SMILES string of the molecule is COCC(NCc1ccc2nc(C)ccc2c1)C(C)C. The molecule has 3 heteroatoms. The lowest BCUT2D eigenvalue weighted by atomic mass is 10.0. The van der Waals surface area contributed by atoms with Gasteiger partial charge in [0.15, 0.2) is 0 Å². The first-order valence-corrected chi connectivity index (χ1v) is 7.18. The second-order valence-electron chi connectivity index (χ2n) is 5.67. The molecule has 0 spiro atoms. The first-order valence-electron chi connectivity index (χ1n) is 7.18. The van der Waals surface area contributed by atoms with Crippen LogP contribution in [0.4, 0.5) is 0 Å². The van der Waals surface area contributed by atoms with Gasteiger partial charge in [0.1, 0.15) is 0 Å². The zero-order valence-corrected chi connectivity index (χ0v) is 12.8. The number of benzene rings is 1. The summed E-state index contributed by atoms with van der Waals surface area (Å²) in [6.07, 6.45) is 0. The molecule has 1 atom stereocenters. The van der Waals surface area contributed by atoms with E-state index in [1.807, 2.05) is 6.92 Å². The number of rotatable bonds is 6. The van der Waals surface area contributed by atoms with Gasteiger partial charge in [0.25, 0.3) is 0 Å². The number of nitrogens with zero attached hydrogens (tertiary/aromatic N) is 1. The third-order valence-corrected chi connectivity index (χ3v) is 3.61. The number of aromatic nitrogens is 1. The summed E-state index contributed by atoms with van der Waals surface area (Å²) in [5, 5.41) is 4.76. The third-order valence-electron chi connectivity index (χ3n) is 3.61. The smallest absolute Gasteiger partial charge is 0.0705 e. The molecule has 0 bridgehead atoms. The largest absolute Gasteiger partial charge is 0.383 e. The van der Waals surface area contributed by atoms with Crippen molar-refractivity contribution in [3.63, 3.8) is 0 Å². The van der Waals surface area contributed by atoms with Crippen molar-refractivity contribution in [3.05, 3.63) is 41.6 Å². The number of hydrogen-bond donors (Lipinski definition) is 1. The fraction of sp³-hybridized carbons (Fsp3) is 0.471. The molecule has 0 saturated carbocycles. The maximum atomic E-state index is 5.26. The Balaban J connectivity index is 2.08. The van der Waals surface area contributed by atoms with E-state index in [1.165, 1.54) is 10.9 Å². The summed E-state index contributed by atoms with van der Waals surface area (Å²) in [6.45, 7) is 8.04. The minimum atomic E-state index is 0.381. The van der Waals surface area contributed by atoms with Crippen LogP contribution < -0.4 is 5.32 Å². The van der Waals surface area contributed by atoms with Gasteiger partial charge >= 0.3 is 0 Å². The maximum absolute atomic E-state index is 5.26. The lowest BCUT2D eigenvalue weighted by Gasteiger charge is -2.21. The summed E-state index contributed by atoms with van der Waals surface area (Å²) >= 11 is 0. The van der Waals surface area contributed by atoms with Gasteiger partial charge in [0, 0.05) is 30.8 Å². The molecule has 0 aliphatic carbocycles. The third kappa shape index (κ3) is 3.78. The normalized spacial score (nSPS) is 13.1. The molecule has 0 amide bonds. The van der Waals surface area contributed by atoms with E-state index < -0.39 is 0 Å². The van der Waals surface area contributed by atoms with E-state index in [1.54, 1.807) is 7.11 Å². The van der Waals surface area contributed by atoms with Crippen LogP contribution in [0, 0.1) is 12.8 Å². The Morgan fingerprint density at radius 1 is 1.20 bits per heavy atom.